The fourth-order valence-electron chi connectivity index (χ4n) is 1.85. The van der Waals surface area contributed by atoms with Gasteiger partial charge in [-0.1, -0.05) is 42.9 Å². The normalized spacial score (nSPS) is 10.8. The third kappa shape index (κ3) is 4.66. The number of carbonyl (C=O) groups is 1. The number of ether oxygens (including phenoxy) is 1. The van der Waals surface area contributed by atoms with E-state index in [0.29, 0.717) is 5.13 Å². The highest BCUT2D eigenvalue weighted by Gasteiger charge is 2.06. The molecule has 0 fully saturated rings. The van der Waals surface area contributed by atoms with Crippen LogP contribution in [0.3, 0.4) is 0 Å². The Kier molecular flexibility index (Phi) is 6.09. The predicted molar refractivity (Wildman–Crippen MR) is 89.2 cm³/mol. The fourth-order valence-corrected chi connectivity index (χ4v) is 2.63. The molecule has 22 heavy (non-hydrogen) atoms. The molecule has 0 aliphatic heterocycles. The van der Waals surface area contributed by atoms with Crippen LogP contribution in [0.15, 0.2) is 30.3 Å². The predicted octanol–water partition coefficient (Wildman–Crippen LogP) is 3.54. The highest BCUT2D eigenvalue weighted by Crippen LogP contribution is 2.19. The SMILES string of the molecule is CCCCc1nnc(NC(=O)/C=C/c2ccccc2OC)s1. The zero-order chi connectivity index (χ0) is 15.8. The van der Waals surface area contributed by atoms with Crippen molar-refractivity contribution in [3.8, 4) is 5.75 Å². The van der Waals surface area contributed by atoms with Crippen LogP contribution in [-0.4, -0.2) is 23.2 Å². The molecule has 0 atom stereocenters. The minimum Gasteiger partial charge on any atom is -0.496 e. The van der Waals surface area contributed by atoms with Gasteiger partial charge in [0.1, 0.15) is 10.8 Å². The van der Waals surface area contributed by atoms with E-state index in [9.17, 15) is 4.79 Å². The lowest BCUT2D eigenvalue weighted by Gasteiger charge is -2.03. The molecule has 0 radical (unpaired) electrons. The van der Waals surface area contributed by atoms with Gasteiger partial charge < -0.3 is 4.74 Å². The summed E-state index contributed by atoms with van der Waals surface area (Å²) in [6.07, 6.45) is 6.28. The van der Waals surface area contributed by atoms with Crippen molar-refractivity contribution in [3.63, 3.8) is 0 Å². The number of aryl methyl sites for hydroxylation is 1. The number of amides is 1. The molecule has 1 amide bonds. The van der Waals surface area contributed by atoms with Gasteiger partial charge in [0.2, 0.25) is 11.0 Å². The molecule has 5 nitrogen and oxygen atoms in total. The standard InChI is InChI=1S/C16H19N3O2S/c1-3-4-9-15-18-19-16(22-15)17-14(20)11-10-12-7-5-6-8-13(12)21-2/h5-8,10-11H,3-4,9H2,1-2H3,(H,17,19,20)/b11-10+. The maximum atomic E-state index is 11.9. The molecular formula is C16H19N3O2S. The first kappa shape index (κ1) is 16.2. The Hall–Kier alpha value is -2.21. The van der Waals surface area contributed by atoms with E-state index in [1.807, 2.05) is 24.3 Å². The summed E-state index contributed by atoms with van der Waals surface area (Å²) in [6, 6.07) is 7.51. The molecule has 0 aliphatic rings. The molecule has 0 spiro atoms. The van der Waals surface area contributed by atoms with E-state index in [-0.39, 0.29) is 5.91 Å². The molecule has 0 bridgehead atoms. The maximum absolute atomic E-state index is 11.9. The van der Waals surface area contributed by atoms with Crippen LogP contribution in [0.25, 0.3) is 6.08 Å². The first-order chi connectivity index (χ1) is 10.7. The van der Waals surface area contributed by atoms with Crippen molar-refractivity contribution < 1.29 is 9.53 Å². The second-order valence-electron chi connectivity index (χ2n) is 4.67. The largest absolute Gasteiger partial charge is 0.496 e. The van der Waals surface area contributed by atoms with Crippen molar-refractivity contribution in [2.45, 2.75) is 26.2 Å². The summed E-state index contributed by atoms with van der Waals surface area (Å²) in [4.78, 5) is 11.9. The average molecular weight is 317 g/mol. The van der Waals surface area contributed by atoms with E-state index in [2.05, 4.69) is 22.4 Å². The Morgan fingerprint density at radius 3 is 2.95 bits per heavy atom. The third-order valence-corrected chi connectivity index (χ3v) is 3.89. The molecule has 2 rings (SSSR count). The minimum atomic E-state index is -0.232. The number of unbranched alkanes of at least 4 members (excludes halogenated alkanes) is 1. The van der Waals surface area contributed by atoms with E-state index in [1.54, 1.807) is 13.2 Å². The molecule has 0 saturated carbocycles. The molecule has 1 heterocycles. The highest BCUT2D eigenvalue weighted by atomic mass is 32.1. The smallest absolute Gasteiger partial charge is 0.250 e. The van der Waals surface area contributed by atoms with Gasteiger partial charge in [-0.05, 0) is 18.6 Å². The second kappa shape index (κ2) is 8.29. The third-order valence-electron chi connectivity index (χ3n) is 2.99. The Labute approximate surface area is 134 Å². The van der Waals surface area contributed by atoms with Crippen molar-refractivity contribution in [3.05, 3.63) is 40.9 Å². The van der Waals surface area contributed by atoms with Crippen LogP contribution in [0.2, 0.25) is 0 Å². The molecule has 1 aromatic carbocycles. The Balaban J connectivity index is 1.95. The summed E-state index contributed by atoms with van der Waals surface area (Å²) in [7, 11) is 1.60. The number of methoxy groups -OCH3 is 1. The van der Waals surface area contributed by atoms with Crippen LogP contribution >= 0.6 is 11.3 Å². The van der Waals surface area contributed by atoms with Crippen LogP contribution in [0.1, 0.15) is 30.3 Å². The number of para-hydroxylation sites is 1. The Bertz CT molecular complexity index is 652. The van der Waals surface area contributed by atoms with E-state index < -0.39 is 0 Å². The van der Waals surface area contributed by atoms with E-state index >= 15 is 0 Å². The summed E-state index contributed by atoms with van der Waals surface area (Å²) in [5.74, 6) is 0.494. The van der Waals surface area contributed by atoms with Crippen molar-refractivity contribution in [2.75, 3.05) is 12.4 Å². The van der Waals surface area contributed by atoms with Gasteiger partial charge in [-0.3, -0.25) is 10.1 Å². The van der Waals surface area contributed by atoms with Gasteiger partial charge in [-0.2, -0.15) is 0 Å². The zero-order valence-electron chi connectivity index (χ0n) is 12.7. The molecule has 2 aromatic rings. The van der Waals surface area contributed by atoms with Crippen molar-refractivity contribution in [1.82, 2.24) is 10.2 Å². The van der Waals surface area contributed by atoms with Gasteiger partial charge in [-0.25, -0.2) is 0 Å². The molecule has 116 valence electrons. The molecule has 0 aliphatic carbocycles. The summed E-state index contributed by atoms with van der Waals surface area (Å²) in [6.45, 7) is 2.13. The Morgan fingerprint density at radius 2 is 2.18 bits per heavy atom. The first-order valence-electron chi connectivity index (χ1n) is 7.17. The molecule has 1 aromatic heterocycles. The fraction of sp³-hybridized carbons (Fsp3) is 0.312. The number of carbonyl (C=O) groups excluding carboxylic acids is 1. The second-order valence-corrected chi connectivity index (χ2v) is 5.73. The van der Waals surface area contributed by atoms with Gasteiger partial charge in [-0.15, -0.1) is 10.2 Å². The van der Waals surface area contributed by atoms with Gasteiger partial charge in [0, 0.05) is 18.1 Å². The topological polar surface area (TPSA) is 64.1 Å². The van der Waals surface area contributed by atoms with Gasteiger partial charge >= 0.3 is 0 Å². The van der Waals surface area contributed by atoms with E-state index in [4.69, 9.17) is 4.74 Å². The molecular weight excluding hydrogens is 298 g/mol. The lowest BCUT2D eigenvalue weighted by atomic mass is 10.2. The monoisotopic (exact) mass is 317 g/mol. The number of hydrogen-bond donors (Lipinski definition) is 1. The summed E-state index contributed by atoms with van der Waals surface area (Å²) < 4.78 is 5.23. The quantitative estimate of drug-likeness (QED) is 0.793. The van der Waals surface area contributed by atoms with Crippen LogP contribution in [0, 0.1) is 0 Å². The van der Waals surface area contributed by atoms with Gasteiger partial charge in [0.25, 0.3) is 0 Å². The number of benzene rings is 1. The van der Waals surface area contributed by atoms with Crippen LogP contribution in [0.4, 0.5) is 5.13 Å². The van der Waals surface area contributed by atoms with Crippen molar-refractivity contribution >= 4 is 28.5 Å². The first-order valence-corrected chi connectivity index (χ1v) is 7.99. The summed E-state index contributed by atoms with van der Waals surface area (Å²) in [5, 5.41) is 12.2. The maximum Gasteiger partial charge on any atom is 0.250 e. The number of aromatic nitrogens is 2. The number of nitrogens with one attached hydrogen (secondary N) is 1. The number of nitrogens with zero attached hydrogens (tertiary/aromatic N) is 2. The Morgan fingerprint density at radius 1 is 1.36 bits per heavy atom. The van der Waals surface area contributed by atoms with Crippen molar-refractivity contribution in [2.24, 2.45) is 0 Å². The summed E-state index contributed by atoms with van der Waals surface area (Å²) in [5.41, 5.74) is 0.848. The van der Waals surface area contributed by atoms with Crippen LogP contribution in [-0.2, 0) is 11.2 Å². The summed E-state index contributed by atoms with van der Waals surface area (Å²) >= 11 is 1.42. The number of rotatable bonds is 7. The van der Waals surface area contributed by atoms with E-state index in [1.165, 1.54) is 17.4 Å². The van der Waals surface area contributed by atoms with Gasteiger partial charge in [0.15, 0.2) is 0 Å². The molecule has 1 N–H and O–H groups in total. The lowest BCUT2D eigenvalue weighted by molar-refractivity contribution is -0.111. The lowest BCUT2D eigenvalue weighted by Crippen LogP contribution is -2.07. The molecule has 6 heteroatoms. The zero-order valence-corrected chi connectivity index (χ0v) is 13.5. The van der Waals surface area contributed by atoms with E-state index in [0.717, 1.165) is 35.6 Å². The van der Waals surface area contributed by atoms with Crippen LogP contribution < -0.4 is 10.1 Å². The highest BCUT2D eigenvalue weighted by molar-refractivity contribution is 7.15. The van der Waals surface area contributed by atoms with Crippen molar-refractivity contribution in [1.29, 1.82) is 0 Å². The van der Waals surface area contributed by atoms with Crippen LogP contribution in [0.5, 0.6) is 5.75 Å². The molecule has 0 saturated heterocycles. The number of hydrogen-bond acceptors (Lipinski definition) is 5. The molecule has 0 unspecified atom stereocenters. The number of anilines is 1. The minimum absolute atomic E-state index is 0.232. The average Bonchev–Trinajstić information content (AvgIpc) is 2.98. The van der Waals surface area contributed by atoms with Gasteiger partial charge in [0.05, 0.1) is 7.11 Å².